The Morgan fingerprint density at radius 1 is 1.37 bits per heavy atom. The number of aromatic nitrogens is 5. The van der Waals surface area contributed by atoms with E-state index in [0.717, 1.165) is 0 Å². The van der Waals surface area contributed by atoms with E-state index in [1.165, 1.54) is 6.20 Å². The molecule has 1 fully saturated rings. The Kier molecular flexibility index (Phi) is 2.55. The number of rotatable bonds is 2. The number of nitrogens with zero attached hydrogens (tertiary/aromatic N) is 4. The van der Waals surface area contributed by atoms with E-state index in [2.05, 4.69) is 30.9 Å². The molecule has 0 saturated carbocycles. The number of halogens is 3. The van der Waals surface area contributed by atoms with Crippen molar-refractivity contribution in [2.24, 2.45) is 0 Å². The summed E-state index contributed by atoms with van der Waals surface area (Å²) in [5.74, 6) is -0.456. The monoisotopic (exact) mass is 274 g/mol. The van der Waals surface area contributed by atoms with E-state index >= 15 is 0 Å². The quantitative estimate of drug-likeness (QED) is 0.835. The van der Waals surface area contributed by atoms with Crippen LogP contribution in [0.4, 0.5) is 13.2 Å². The molecule has 2 aromatic heterocycles. The van der Waals surface area contributed by atoms with Crippen LogP contribution in [0.3, 0.4) is 0 Å². The maximum absolute atomic E-state index is 13.3. The lowest BCUT2D eigenvalue weighted by atomic mass is 9.86. The zero-order valence-electron chi connectivity index (χ0n) is 9.53. The number of nitrogens with one attached hydrogen (secondary N) is 2. The van der Waals surface area contributed by atoms with Gasteiger partial charge in [-0.2, -0.15) is 33.6 Å². The fourth-order valence-electron chi connectivity index (χ4n) is 2.07. The van der Waals surface area contributed by atoms with Crippen molar-refractivity contribution in [1.29, 1.82) is 0 Å². The van der Waals surface area contributed by atoms with Gasteiger partial charge in [0.05, 0.1) is 6.20 Å². The number of aromatic amines is 1. The molecule has 7 nitrogen and oxygen atoms in total. The highest BCUT2D eigenvalue weighted by atomic mass is 19.4. The number of alkyl halides is 3. The summed E-state index contributed by atoms with van der Waals surface area (Å²) >= 11 is 0. The molecule has 1 aliphatic heterocycles. The second-order valence-corrected chi connectivity index (χ2v) is 4.29. The zero-order valence-corrected chi connectivity index (χ0v) is 9.53. The van der Waals surface area contributed by atoms with Crippen molar-refractivity contribution >= 4 is 0 Å². The summed E-state index contributed by atoms with van der Waals surface area (Å²) in [5, 5.41) is 15.8. The standard InChI is InChI=1S/C9H9F3N6O/c10-9(11,12)8(1-2-13-4-8)7-15-6(17-19-7)5-3-14-18-16-5/h3,13H,1-2,4H2,(H,14,16,18). The van der Waals surface area contributed by atoms with E-state index in [1.807, 2.05) is 0 Å². The summed E-state index contributed by atoms with van der Waals surface area (Å²) in [4.78, 5) is 3.81. The Hall–Kier alpha value is -1.97. The lowest BCUT2D eigenvalue weighted by Gasteiger charge is -2.26. The van der Waals surface area contributed by atoms with Crippen LogP contribution in [0, 0.1) is 0 Å². The molecule has 1 unspecified atom stereocenters. The van der Waals surface area contributed by atoms with Crippen LogP contribution in [0.1, 0.15) is 12.3 Å². The molecule has 0 radical (unpaired) electrons. The van der Waals surface area contributed by atoms with Crippen molar-refractivity contribution < 1.29 is 17.7 Å². The maximum Gasteiger partial charge on any atom is 0.404 e. The van der Waals surface area contributed by atoms with Crippen molar-refractivity contribution in [1.82, 2.24) is 30.9 Å². The van der Waals surface area contributed by atoms with Crippen LogP contribution in [0.25, 0.3) is 11.5 Å². The molecule has 3 heterocycles. The van der Waals surface area contributed by atoms with Gasteiger partial charge in [0.25, 0.3) is 0 Å². The van der Waals surface area contributed by atoms with Crippen molar-refractivity contribution in [3.63, 3.8) is 0 Å². The van der Waals surface area contributed by atoms with E-state index in [9.17, 15) is 13.2 Å². The van der Waals surface area contributed by atoms with Gasteiger partial charge in [-0.3, -0.25) is 0 Å². The Balaban J connectivity index is 2.01. The highest BCUT2D eigenvalue weighted by molar-refractivity contribution is 5.45. The van der Waals surface area contributed by atoms with Crippen molar-refractivity contribution in [2.75, 3.05) is 13.1 Å². The van der Waals surface area contributed by atoms with E-state index in [1.54, 1.807) is 0 Å². The van der Waals surface area contributed by atoms with Gasteiger partial charge in [0.15, 0.2) is 11.1 Å². The molecular formula is C9H9F3N6O. The smallest absolute Gasteiger partial charge is 0.338 e. The molecule has 19 heavy (non-hydrogen) atoms. The molecule has 3 rings (SSSR count). The van der Waals surface area contributed by atoms with Crippen LogP contribution in [0.5, 0.6) is 0 Å². The average Bonchev–Trinajstić information content (AvgIpc) is 3.10. The summed E-state index contributed by atoms with van der Waals surface area (Å²) in [7, 11) is 0. The molecule has 0 amide bonds. The summed E-state index contributed by atoms with van der Waals surface area (Å²) in [5.41, 5.74) is -1.89. The van der Waals surface area contributed by atoms with Gasteiger partial charge in [-0.05, 0) is 13.0 Å². The SMILES string of the molecule is FC(F)(F)C1(c2nc(-c3cn[nH]n3)no2)CCNC1. The van der Waals surface area contributed by atoms with Gasteiger partial charge < -0.3 is 9.84 Å². The molecular weight excluding hydrogens is 265 g/mol. The van der Waals surface area contributed by atoms with Gasteiger partial charge in [0, 0.05) is 6.54 Å². The maximum atomic E-state index is 13.3. The highest BCUT2D eigenvalue weighted by Gasteiger charge is 2.61. The second-order valence-electron chi connectivity index (χ2n) is 4.29. The topological polar surface area (TPSA) is 92.5 Å². The molecule has 2 N–H and O–H groups in total. The van der Waals surface area contributed by atoms with E-state index in [0.29, 0.717) is 0 Å². The Morgan fingerprint density at radius 3 is 2.79 bits per heavy atom. The van der Waals surface area contributed by atoms with E-state index in [-0.39, 0.29) is 31.0 Å². The first kappa shape index (κ1) is 12.1. The minimum absolute atomic E-state index is 0.0146. The molecule has 2 aromatic rings. The molecule has 1 aliphatic rings. The molecule has 0 bridgehead atoms. The van der Waals surface area contributed by atoms with Crippen LogP contribution < -0.4 is 5.32 Å². The Labute approximate surface area is 104 Å². The molecule has 1 atom stereocenters. The summed E-state index contributed by atoms with van der Waals surface area (Å²) in [6.07, 6.45) is -3.27. The molecule has 10 heteroatoms. The van der Waals surface area contributed by atoms with Gasteiger partial charge in [-0.15, -0.1) is 0 Å². The third-order valence-electron chi connectivity index (χ3n) is 3.18. The second kappa shape index (κ2) is 4.02. The van der Waals surface area contributed by atoms with Gasteiger partial charge in [-0.1, -0.05) is 5.16 Å². The first-order valence-electron chi connectivity index (χ1n) is 5.51. The van der Waals surface area contributed by atoms with Crippen molar-refractivity contribution in [3.8, 4) is 11.5 Å². The Bertz CT molecular complexity index is 557. The summed E-state index contributed by atoms with van der Waals surface area (Å²) in [6, 6.07) is 0. The average molecular weight is 274 g/mol. The van der Waals surface area contributed by atoms with Gasteiger partial charge in [0.2, 0.25) is 11.7 Å². The predicted octanol–water partition coefficient (Wildman–Crippen LogP) is 0.648. The fourth-order valence-corrected chi connectivity index (χ4v) is 2.07. The minimum atomic E-state index is -4.45. The number of hydrogen-bond donors (Lipinski definition) is 2. The van der Waals surface area contributed by atoms with E-state index in [4.69, 9.17) is 4.52 Å². The third-order valence-corrected chi connectivity index (χ3v) is 3.18. The molecule has 1 saturated heterocycles. The minimum Gasteiger partial charge on any atom is -0.338 e. The zero-order chi connectivity index (χ0) is 13.5. The third kappa shape index (κ3) is 1.79. The summed E-state index contributed by atoms with van der Waals surface area (Å²) < 4.78 is 44.6. The van der Waals surface area contributed by atoms with Crippen LogP contribution in [-0.2, 0) is 5.41 Å². The molecule has 102 valence electrons. The van der Waals surface area contributed by atoms with Gasteiger partial charge >= 0.3 is 6.18 Å². The normalized spacial score (nSPS) is 23.9. The van der Waals surface area contributed by atoms with Crippen LogP contribution in [0.2, 0.25) is 0 Å². The van der Waals surface area contributed by atoms with Crippen LogP contribution in [0.15, 0.2) is 10.7 Å². The predicted molar refractivity (Wildman–Crippen MR) is 54.9 cm³/mol. The summed E-state index contributed by atoms with van der Waals surface area (Å²) in [6.45, 7) is -0.0157. The van der Waals surface area contributed by atoms with Gasteiger partial charge in [0.1, 0.15) is 0 Å². The number of hydrogen-bond acceptors (Lipinski definition) is 6. The first-order valence-corrected chi connectivity index (χ1v) is 5.51. The largest absolute Gasteiger partial charge is 0.404 e. The lowest BCUT2D eigenvalue weighted by Crippen LogP contribution is -2.44. The molecule has 0 spiro atoms. The first-order chi connectivity index (χ1) is 9.03. The van der Waals surface area contributed by atoms with Gasteiger partial charge in [-0.25, -0.2) is 0 Å². The van der Waals surface area contributed by atoms with Crippen molar-refractivity contribution in [2.45, 2.75) is 18.0 Å². The van der Waals surface area contributed by atoms with Crippen molar-refractivity contribution in [3.05, 3.63) is 12.1 Å². The highest BCUT2D eigenvalue weighted by Crippen LogP contribution is 2.44. The number of H-pyrrole nitrogens is 1. The fraction of sp³-hybridized carbons (Fsp3) is 0.556. The molecule has 0 aromatic carbocycles. The van der Waals surface area contributed by atoms with Crippen LogP contribution in [-0.4, -0.2) is 44.8 Å². The Morgan fingerprint density at radius 2 is 2.21 bits per heavy atom. The van der Waals surface area contributed by atoms with Crippen LogP contribution >= 0.6 is 0 Å². The molecule has 0 aliphatic carbocycles. The lowest BCUT2D eigenvalue weighted by molar-refractivity contribution is -0.191. The van der Waals surface area contributed by atoms with E-state index < -0.39 is 17.5 Å².